The predicted octanol–water partition coefficient (Wildman–Crippen LogP) is 5.57. The smallest absolute Gasteiger partial charge is 0.183 e. The van der Waals surface area contributed by atoms with Crippen LogP contribution < -0.4 is 10.2 Å². The molecule has 0 spiro atoms. The number of aromatic amines is 1. The Balaban J connectivity index is 1.13. The van der Waals surface area contributed by atoms with Crippen molar-refractivity contribution in [3.63, 3.8) is 0 Å². The maximum atomic E-state index is 12.8. The zero-order valence-electron chi connectivity index (χ0n) is 20.7. The molecule has 6 heteroatoms. The zero-order valence-corrected chi connectivity index (χ0v) is 20.7. The number of aliphatic hydroxyl groups is 1. The van der Waals surface area contributed by atoms with Crippen LogP contribution in [0.1, 0.15) is 44.8 Å². The molecule has 0 unspecified atom stereocenters. The van der Waals surface area contributed by atoms with Gasteiger partial charge in [-0.3, -0.25) is 9.59 Å². The van der Waals surface area contributed by atoms with Gasteiger partial charge in [0.25, 0.3) is 0 Å². The molecule has 1 aliphatic heterocycles. The molecule has 0 saturated carbocycles. The number of Topliss-reactive ketones (excluding diaryl/α,β-unsaturated/α-hetero) is 2. The molecule has 0 bridgehead atoms. The van der Waals surface area contributed by atoms with Gasteiger partial charge in [-0.2, -0.15) is 0 Å². The van der Waals surface area contributed by atoms with Crippen LogP contribution in [0.15, 0.2) is 91.1 Å². The first-order valence-electron chi connectivity index (χ1n) is 12.7. The maximum absolute atomic E-state index is 12.8. The van der Waals surface area contributed by atoms with Crippen molar-refractivity contribution >= 4 is 28.6 Å². The van der Waals surface area contributed by atoms with E-state index < -0.39 is 0 Å². The van der Waals surface area contributed by atoms with E-state index in [1.165, 1.54) is 0 Å². The second-order valence-electron chi connectivity index (χ2n) is 9.57. The SMILES string of the molecule is O=C(Cc1ccc(Nc2ccc(CC(=O)c3ccc[nH]3)cc2)cc1)c1ccc(N2CCC(O)CC2)cc1. The Bertz CT molecular complexity index is 1320. The molecule has 0 aliphatic carbocycles. The summed E-state index contributed by atoms with van der Waals surface area (Å²) in [5.74, 6) is 0.153. The number of anilines is 3. The predicted molar refractivity (Wildman–Crippen MR) is 147 cm³/mol. The van der Waals surface area contributed by atoms with Crippen LogP contribution in [-0.2, 0) is 12.8 Å². The van der Waals surface area contributed by atoms with Gasteiger partial charge in [0, 0.05) is 54.8 Å². The highest BCUT2D eigenvalue weighted by molar-refractivity contribution is 5.98. The fraction of sp³-hybridized carbons (Fsp3) is 0.226. The number of hydrogen-bond acceptors (Lipinski definition) is 5. The van der Waals surface area contributed by atoms with Gasteiger partial charge >= 0.3 is 0 Å². The van der Waals surface area contributed by atoms with E-state index in [9.17, 15) is 14.7 Å². The molecule has 1 fully saturated rings. The average molecular weight is 494 g/mol. The van der Waals surface area contributed by atoms with E-state index in [1.54, 1.807) is 12.3 Å². The van der Waals surface area contributed by atoms with Gasteiger partial charge in [0.2, 0.25) is 0 Å². The molecule has 0 radical (unpaired) electrons. The lowest BCUT2D eigenvalue weighted by atomic mass is 10.0. The van der Waals surface area contributed by atoms with Crippen LogP contribution in [0.25, 0.3) is 0 Å². The topological polar surface area (TPSA) is 85.4 Å². The van der Waals surface area contributed by atoms with Gasteiger partial charge < -0.3 is 20.3 Å². The highest BCUT2D eigenvalue weighted by Gasteiger charge is 2.17. The van der Waals surface area contributed by atoms with E-state index in [4.69, 9.17) is 0 Å². The van der Waals surface area contributed by atoms with Gasteiger partial charge in [-0.05, 0) is 84.6 Å². The molecular formula is C31H31N3O3. The normalized spacial score (nSPS) is 13.9. The third kappa shape index (κ3) is 6.35. The number of H-pyrrole nitrogens is 1. The third-order valence-corrected chi connectivity index (χ3v) is 6.84. The quantitative estimate of drug-likeness (QED) is 0.266. The van der Waals surface area contributed by atoms with Gasteiger partial charge in [-0.25, -0.2) is 0 Å². The highest BCUT2D eigenvalue weighted by atomic mass is 16.3. The second kappa shape index (κ2) is 11.3. The number of rotatable bonds is 9. The minimum atomic E-state index is -0.198. The molecule has 5 rings (SSSR count). The molecule has 188 valence electrons. The van der Waals surface area contributed by atoms with E-state index in [2.05, 4.69) is 15.2 Å². The van der Waals surface area contributed by atoms with E-state index >= 15 is 0 Å². The van der Waals surface area contributed by atoms with E-state index in [0.29, 0.717) is 24.1 Å². The number of hydrogen-bond donors (Lipinski definition) is 3. The van der Waals surface area contributed by atoms with Gasteiger partial charge in [-0.1, -0.05) is 24.3 Å². The van der Waals surface area contributed by atoms with Crippen molar-refractivity contribution in [1.29, 1.82) is 0 Å². The number of aromatic nitrogens is 1. The van der Waals surface area contributed by atoms with Gasteiger partial charge in [0.05, 0.1) is 11.8 Å². The summed E-state index contributed by atoms with van der Waals surface area (Å²) in [5.41, 5.74) is 6.21. The number of nitrogens with zero attached hydrogens (tertiary/aromatic N) is 1. The lowest BCUT2D eigenvalue weighted by Gasteiger charge is -2.31. The van der Waals surface area contributed by atoms with Crippen molar-refractivity contribution in [2.45, 2.75) is 31.8 Å². The van der Waals surface area contributed by atoms with Crippen LogP contribution in [0.4, 0.5) is 17.1 Å². The molecule has 4 aromatic rings. The minimum absolute atomic E-state index is 0.0644. The summed E-state index contributed by atoms with van der Waals surface area (Å²) in [6, 6.07) is 27.1. The molecule has 2 heterocycles. The number of nitrogens with one attached hydrogen (secondary N) is 2. The first-order valence-corrected chi connectivity index (χ1v) is 12.7. The number of benzene rings is 3. The highest BCUT2D eigenvalue weighted by Crippen LogP contribution is 2.22. The Morgan fingerprint density at radius 2 is 1.35 bits per heavy atom. The summed E-state index contributed by atoms with van der Waals surface area (Å²) in [4.78, 5) is 30.3. The molecule has 6 nitrogen and oxygen atoms in total. The third-order valence-electron chi connectivity index (χ3n) is 6.84. The Morgan fingerprint density at radius 3 is 1.89 bits per heavy atom. The molecule has 3 N–H and O–H groups in total. The molecular weight excluding hydrogens is 462 g/mol. The number of carbonyl (C=O) groups excluding carboxylic acids is 2. The first-order chi connectivity index (χ1) is 18.0. The molecule has 0 atom stereocenters. The molecule has 0 amide bonds. The molecule has 3 aromatic carbocycles. The van der Waals surface area contributed by atoms with Crippen LogP contribution >= 0.6 is 0 Å². The molecule has 1 aliphatic rings. The maximum Gasteiger partial charge on any atom is 0.183 e. The Labute approximate surface area is 217 Å². The second-order valence-corrected chi connectivity index (χ2v) is 9.57. The van der Waals surface area contributed by atoms with Crippen molar-refractivity contribution < 1.29 is 14.7 Å². The van der Waals surface area contributed by atoms with Crippen LogP contribution in [0.5, 0.6) is 0 Å². The van der Waals surface area contributed by atoms with Crippen molar-refractivity contribution in [3.8, 4) is 0 Å². The van der Waals surface area contributed by atoms with Gasteiger partial charge in [-0.15, -0.1) is 0 Å². The van der Waals surface area contributed by atoms with Gasteiger partial charge in [0.1, 0.15) is 0 Å². The van der Waals surface area contributed by atoms with Crippen molar-refractivity contribution in [3.05, 3.63) is 114 Å². The zero-order chi connectivity index (χ0) is 25.6. The van der Waals surface area contributed by atoms with Crippen LogP contribution in [-0.4, -0.2) is 40.9 Å². The summed E-state index contributed by atoms with van der Waals surface area (Å²) in [6.07, 6.45) is 3.83. The Kier molecular flexibility index (Phi) is 7.47. The fourth-order valence-corrected chi connectivity index (χ4v) is 4.63. The number of ketones is 2. The summed E-state index contributed by atoms with van der Waals surface area (Å²) >= 11 is 0. The summed E-state index contributed by atoms with van der Waals surface area (Å²) in [7, 11) is 0. The fourth-order valence-electron chi connectivity index (χ4n) is 4.63. The monoisotopic (exact) mass is 493 g/mol. The van der Waals surface area contributed by atoms with Crippen molar-refractivity contribution in [2.24, 2.45) is 0 Å². The molecule has 1 aromatic heterocycles. The Hall–Kier alpha value is -4.16. The summed E-state index contributed by atoms with van der Waals surface area (Å²) in [6.45, 7) is 1.68. The Morgan fingerprint density at radius 1 is 0.784 bits per heavy atom. The van der Waals surface area contributed by atoms with E-state index in [1.807, 2.05) is 78.9 Å². The minimum Gasteiger partial charge on any atom is -0.393 e. The van der Waals surface area contributed by atoms with Crippen LogP contribution in [0.2, 0.25) is 0 Å². The molecule has 1 saturated heterocycles. The lowest BCUT2D eigenvalue weighted by molar-refractivity contribution is 0.0982. The van der Waals surface area contributed by atoms with Crippen molar-refractivity contribution in [1.82, 2.24) is 4.98 Å². The number of piperidine rings is 1. The first kappa shape index (κ1) is 24.5. The van der Waals surface area contributed by atoms with E-state index in [-0.39, 0.29) is 17.7 Å². The standard InChI is InChI=1S/C31H31N3O3/c35-28-15-18-34(19-16-28)27-13-7-24(8-14-27)30(36)20-22-3-9-25(10-4-22)33-26-11-5-23(6-12-26)21-31(37)29-2-1-17-32-29/h1-14,17,28,32-33,35H,15-16,18-21H2. The van der Waals surface area contributed by atoms with Crippen molar-refractivity contribution in [2.75, 3.05) is 23.3 Å². The van der Waals surface area contributed by atoms with Gasteiger partial charge in [0.15, 0.2) is 11.6 Å². The largest absolute Gasteiger partial charge is 0.393 e. The summed E-state index contributed by atoms with van der Waals surface area (Å²) < 4.78 is 0. The summed E-state index contributed by atoms with van der Waals surface area (Å²) in [5, 5.41) is 13.1. The van der Waals surface area contributed by atoms with Crippen LogP contribution in [0.3, 0.4) is 0 Å². The average Bonchev–Trinajstić information content (AvgIpc) is 3.47. The van der Waals surface area contributed by atoms with E-state index in [0.717, 1.165) is 54.1 Å². The lowest BCUT2D eigenvalue weighted by Crippen LogP contribution is -2.35. The molecule has 37 heavy (non-hydrogen) atoms. The van der Waals surface area contributed by atoms with Crippen LogP contribution in [0, 0.1) is 0 Å². The number of aliphatic hydroxyl groups excluding tert-OH is 1. The number of carbonyl (C=O) groups is 2.